The van der Waals surface area contributed by atoms with Crippen LogP contribution in [0.3, 0.4) is 0 Å². The molecule has 2 aliphatic rings. The van der Waals surface area contributed by atoms with Crippen molar-refractivity contribution >= 4 is 0 Å². The summed E-state index contributed by atoms with van der Waals surface area (Å²) >= 11 is 0. The fraction of sp³-hybridized carbons (Fsp3) is 0.538. The van der Waals surface area contributed by atoms with E-state index in [1.165, 1.54) is 5.56 Å². The van der Waals surface area contributed by atoms with Gasteiger partial charge in [-0.25, -0.2) is 0 Å². The van der Waals surface area contributed by atoms with Crippen LogP contribution in [0.4, 0.5) is 0 Å². The molecule has 92 valence electrons. The molecule has 2 heterocycles. The van der Waals surface area contributed by atoms with Crippen LogP contribution in [0.15, 0.2) is 30.3 Å². The van der Waals surface area contributed by atoms with Crippen LogP contribution in [0.1, 0.15) is 12.0 Å². The SMILES string of the molecule is c1ccc(COC[C@@H]2C[C@H]3OCO[C@H]3O2)cc1. The summed E-state index contributed by atoms with van der Waals surface area (Å²) in [5, 5.41) is 0. The Morgan fingerprint density at radius 1 is 1.18 bits per heavy atom. The van der Waals surface area contributed by atoms with E-state index in [-0.39, 0.29) is 18.5 Å². The molecule has 3 atom stereocenters. The summed E-state index contributed by atoms with van der Waals surface area (Å²) in [5.41, 5.74) is 1.18. The maximum absolute atomic E-state index is 5.65. The zero-order valence-corrected chi connectivity index (χ0v) is 9.58. The average Bonchev–Trinajstić information content (AvgIpc) is 2.91. The largest absolute Gasteiger partial charge is 0.374 e. The minimum atomic E-state index is -0.180. The molecule has 0 unspecified atom stereocenters. The predicted molar refractivity (Wildman–Crippen MR) is 60.2 cm³/mol. The Balaban J connectivity index is 1.41. The number of benzene rings is 1. The lowest BCUT2D eigenvalue weighted by Crippen LogP contribution is -2.18. The van der Waals surface area contributed by atoms with E-state index in [1.54, 1.807) is 0 Å². The number of fused-ring (bicyclic) bond motifs is 1. The second kappa shape index (κ2) is 5.14. The van der Waals surface area contributed by atoms with Gasteiger partial charge in [0.25, 0.3) is 0 Å². The van der Waals surface area contributed by atoms with Gasteiger partial charge < -0.3 is 18.9 Å². The summed E-state index contributed by atoms with van der Waals surface area (Å²) in [4.78, 5) is 0. The lowest BCUT2D eigenvalue weighted by Gasteiger charge is -2.12. The van der Waals surface area contributed by atoms with Crippen molar-refractivity contribution in [2.24, 2.45) is 0 Å². The standard InChI is InChI=1S/C13H16O4/c1-2-4-10(5-3-1)7-14-8-11-6-12-13(17-11)16-9-15-12/h1-5,11-13H,6-9H2/t11-,12+,13-/m0/s1. The lowest BCUT2D eigenvalue weighted by molar-refractivity contribution is -0.131. The molecular formula is C13H16O4. The zero-order valence-electron chi connectivity index (χ0n) is 9.58. The second-order valence-electron chi connectivity index (χ2n) is 4.35. The van der Waals surface area contributed by atoms with E-state index in [9.17, 15) is 0 Å². The lowest BCUT2D eigenvalue weighted by atomic mass is 10.2. The zero-order chi connectivity index (χ0) is 11.5. The molecule has 0 N–H and O–H groups in total. The molecular weight excluding hydrogens is 220 g/mol. The molecule has 0 aromatic heterocycles. The van der Waals surface area contributed by atoms with Crippen LogP contribution in [-0.2, 0) is 25.6 Å². The Hall–Kier alpha value is -0.940. The van der Waals surface area contributed by atoms with Gasteiger partial charge in [-0.05, 0) is 5.56 Å². The van der Waals surface area contributed by atoms with Gasteiger partial charge in [0.15, 0.2) is 13.1 Å². The van der Waals surface area contributed by atoms with Gasteiger partial charge in [-0.15, -0.1) is 0 Å². The van der Waals surface area contributed by atoms with E-state index in [0.29, 0.717) is 20.0 Å². The summed E-state index contributed by atoms with van der Waals surface area (Å²) in [6.45, 7) is 1.57. The minimum Gasteiger partial charge on any atom is -0.374 e. The first kappa shape index (κ1) is 11.2. The fourth-order valence-electron chi connectivity index (χ4n) is 2.18. The maximum Gasteiger partial charge on any atom is 0.187 e. The third kappa shape index (κ3) is 2.66. The molecule has 4 nitrogen and oxygen atoms in total. The Labute approximate surface area is 100 Å². The van der Waals surface area contributed by atoms with Crippen LogP contribution >= 0.6 is 0 Å². The molecule has 2 aliphatic heterocycles. The molecule has 0 radical (unpaired) electrons. The molecule has 4 heteroatoms. The summed E-state index contributed by atoms with van der Waals surface area (Å²) in [6, 6.07) is 10.1. The van der Waals surface area contributed by atoms with E-state index < -0.39 is 0 Å². The molecule has 0 amide bonds. The van der Waals surface area contributed by atoms with Gasteiger partial charge in [-0.1, -0.05) is 30.3 Å². The van der Waals surface area contributed by atoms with E-state index in [0.717, 1.165) is 6.42 Å². The molecule has 0 saturated carbocycles. The van der Waals surface area contributed by atoms with Crippen molar-refractivity contribution in [1.29, 1.82) is 0 Å². The van der Waals surface area contributed by atoms with Crippen LogP contribution in [0.5, 0.6) is 0 Å². The van der Waals surface area contributed by atoms with Crippen molar-refractivity contribution in [2.75, 3.05) is 13.4 Å². The quantitative estimate of drug-likeness (QED) is 0.797. The highest BCUT2D eigenvalue weighted by molar-refractivity contribution is 5.13. The summed E-state index contributed by atoms with van der Waals surface area (Å²) in [7, 11) is 0. The van der Waals surface area contributed by atoms with Crippen LogP contribution < -0.4 is 0 Å². The van der Waals surface area contributed by atoms with Crippen molar-refractivity contribution in [1.82, 2.24) is 0 Å². The van der Waals surface area contributed by atoms with Crippen molar-refractivity contribution in [3.63, 3.8) is 0 Å². The van der Waals surface area contributed by atoms with E-state index in [4.69, 9.17) is 18.9 Å². The predicted octanol–water partition coefficient (Wildman–Crippen LogP) is 1.69. The summed E-state index contributed by atoms with van der Waals surface area (Å²) < 4.78 is 21.9. The minimum absolute atomic E-state index is 0.0917. The first-order valence-corrected chi connectivity index (χ1v) is 5.92. The molecule has 2 fully saturated rings. The van der Waals surface area contributed by atoms with Gasteiger partial charge >= 0.3 is 0 Å². The second-order valence-corrected chi connectivity index (χ2v) is 4.35. The van der Waals surface area contributed by atoms with Gasteiger partial charge in [0, 0.05) is 6.42 Å². The summed E-state index contributed by atoms with van der Waals surface area (Å²) in [6.07, 6.45) is 0.870. The van der Waals surface area contributed by atoms with Crippen LogP contribution in [0.25, 0.3) is 0 Å². The highest BCUT2D eigenvalue weighted by Crippen LogP contribution is 2.28. The van der Waals surface area contributed by atoms with Crippen molar-refractivity contribution < 1.29 is 18.9 Å². The van der Waals surface area contributed by atoms with Gasteiger partial charge in [0.1, 0.15) is 6.10 Å². The molecule has 0 spiro atoms. The number of rotatable bonds is 4. The smallest absolute Gasteiger partial charge is 0.187 e. The highest BCUT2D eigenvalue weighted by Gasteiger charge is 2.40. The van der Waals surface area contributed by atoms with Crippen molar-refractivity contribution in [2.45, 2.75) is 31.5 Å². The van der Waals surface area contributed by atoms with Gasteiger partial charge in [0.05, 0.1) is 19.3 Å². The average molecular weight is 236 g/mol. The van der Waals surface area contributed by atoms with Gasteiger partial charge in [0.2, 0.25) is 0 Å². The monoisotopic (exact) mass is 236 g/mol. The molecule has 0 bridgehead atoms. The van der Waals surface area contributed by atoms with Crippen LogP contribution in [-0.4, -0.2) is 31.9 Å². The van der Waals surface area contributed by atoms with Crippen LogP contribution in [0, 0.1) is 0 Å². The number of hydrogen-bond acceptors (Lipinski definition) is 4. The normalized spacial score (nSPS) is 31.6. The Morgan fingerprint density at radius 2 is 2.06 bits per heavy atom. The van der Waals surface area contributed by atoms with Crippen molar-refractivity contribution in [3.8, 4) is 0 Å². The Morgan fingerprint density at radius 3 is 2.88 bits per heavy atom. The Kier molecular flexibility index (Phi) is 3.38. The fourth-order valence-corrected chi connectivity index (χ4v) is 2.18. The molecule has 17 heavy (non-hydrogen) atoms. The molecule has 2 saturated heterocycles. The molecule has 0 aliphatic carbocycles. The highest BCUT2D eigenvalue weighted by atomic mass is 16.8. The summed E-state index contributed by atoms with van der Waals surface area (Å²) in [5.74, 6) is 0. The van der Waals surface area contributed by atoms with Gasteiger partial charge in [-0.2, -0.15) is 0 Å². The Bertz CT molecular complexity index is 342. The molecule has 1 aromatic rings. The van der Waals surface area contributed by atoms with Crippen molar-refractivity contribution in [3.05, 3.63) is 35.9 Å². The van der Waals surface area contributed by atoms with E-state index in [2.05, 4.69) is 12.1 Å². The maximum atomic E-state index is 5.65. The first-order chi connectivity index (χ1) is 8.42. The third-order valence-corrected chi connectivity index (χ3v) is 3.06. The number of ether oxygens (including phenoxy) is 4. The first-order valence-electron chi connectivity index (χ1n) is 5.92. The number of hydrogen-bond donors (Lipinski definition) is 0. The third-order valence-electron chi connectivity index (χ3n) is 3.06. The topological polar surface area (TPSA) is 36.9 Å². The van der Waals surface area contributed by atoms with E-state index >= 15 is 0 Å². The van der Waals surface area contributed by atoms with Crippen LogP contribution in [0.2, 0.25) is 0 Å². The van der Waals surface area contributed by atoms with Gasteiger partial charge in [-0.3, -0.25) is 0 Å². The van der Waals surface area contributed by atoms with E-state index in [1.807, 2.05) is 18.2 Å². The molecule has 3 rings (SSSR count). The molecule has 1 aromatic carbocycles.